The molecule has 0 bridgehead atoms. The van der Waals surface area contributed by atoms with Crippen LogP contribution >= 0.6 is 0 Å². The number of ether oxygens (including phenoxy) is 1. The van der Waals surface area contributed by atoms with Gasteiger partial charge in [-0.3, -0.25) is 4.89 Å². The Morgan fingerprint density at radius 3 is 2.06 bits per heavy atom. The molecule has 0 unspecified atom stereocenters. The molecule has 0 fully saturated rings. The fourth-order valence-electron chi connectivity index (χ4n) is 3.19. The first-order valence-electron chi connectivity index (χ1n) is 10.2. The van der Waals surface area contributed by atoms with Crippen LogP contribution in [0, 0.1) is 0 Å². The van der Waals surface area contributed by atoms with Gasteiger partial charge in [-0.05, 0) is 55.5 Å². The van der Waals surface area contributed by atoms with Crippen molar-refractivity contribution in [2.45, 2.75) is 52.6 Å². The maximum absolute atomic E-state index is 13.0. The van der Waals surface area contributed by atoms with Crippen molar-refractivity contribution in [3.8, 4) is 11.3 Å². The lowest BCUT2D eigenvalue weighted by Crippen LogP contribution is -2.24. The van der Waals surface area contributed by atoms with Gasteiger partial charge in [0.05, 0.1) is 23.9 Å². The zero-order valence-corrected chi connectivity index (χ0v) is 19.1. The van der Waals surface area contributed by atoms with Crippen LogP contribution in [0.25, 0.3) is 22.2 Å². The van der Waals surface area contributed by atoms with Crippen molar-refractivity contribution < 1.29 is 24.1 Å². The van der Waals surface area contributed by atoms with E-state index in [1.54, 1.807) is 39.0 Å². The number of aromatic nitrogens is 1. The van der Waals surface area contributed by atoms with Gasteiger partial charge in [0.2, 0.25) is 0 Å². The standard InChI is InChI=1S/C25H29NO5/c1-24(2,3)19-12-10-16(11-13-19)20-14-17-8-9-18(22(27)29-7)15-21(17)26(20)23(28)30-31-25(4,5)6/h8-15H,1-7H3. The maximum Gasteiger partial charge on any atom is 0.450 e. The molecule has 0 atom stereocenters. The third kappa shape index (κ3) is 4.97. The number of carbonyl (C=O) groups excluding carboxylic acids is 2. The Kier molecular flexibility index (Phi) is 5.96. The van der Waals surface area contributed by atoms with Gasteiger partial charge in [0.1, 0.15) is 5.60 Å². The second-order valence-corrected chi connectivity index (χ2v) is 9.50. The van der Waals surface area contributed by atoms with E-state index in [0.717, 1.165) is 10.9 Å². The lowest BCUT2D eigenvalue weighted by Gasteiger charge is -2.19. The summed E-state index contributed by atoms with van der Waals surface area (Å²) < 4.78 is 6.24. The Bertz CT molecular complexity index is 1110. The highest BCUT2D eigenvalue weighted by molar-refractivity contribution is 6.00. The van der Waals surface area contributed by atoms with Gasteiger partial charge in [-0.2, -0.15) is 4.89 Å². The first-order chi connectivity index (χ1) is 14.4. The highest BCUT2D eigenvalue weighted by Crippen LogP contribution is 2.32. The van der Waals surface area contributed by atoms with Crippen molar-refractivity contribution in [3.63, 3.8) is 0 Å². The summed E-state index contributed by atoms with van der Waals surface area (Å²) in [6, 6.07) is 15.0. The largest absolute Gasteiger partial charge is 0.465 e. The molecule has 0 spiro atoms. The SMILES string of the molecule is COC(=O)c1ccc2cc(-c3ccc(C(C)(C)C)cc3)n(C(=O)OOC(C)(C)C)c2c1. The number of hydrogen-bond donors (Lipinski definition) is 0. The third-order valence-corrected chi connectivity index (χ3v) is 4.82. The summed E-state index contributed by atoms with van der Waals surface area (Å²) in [5, 5.41) is 0.787. The lowest BCUT2D eigenvalue weighted by atomic mass is 9.86. The average molecular weight is 424 g/mol. The van der Waals surface area contributed by atoms with Gasteiger partial charge in [0, 0.05) is 5.39 Å². The predicted octanol–water partition coefficient (Wildman–Crippen LogP) is 6.11. The van der Waals surface area contributed by atoms with E-state index in [1.807, 2.05) is 30.3 Å². The van der Waals surface area contributed by atoms with E-state index in [4.69, 9.17) is 14.5 Å². The number of rotatable bonds is 3. The number of esters is 1. The van der Waals surface area contributed by atoms with Crippen LogP contribution in [-0.2, 0) is 19.9 Å². The van der Waals surface area contributed by atoms with Crippen LogP contribution in [0.5, 0.6) is 0 Å². The minimum absolute atomic E-state index is 0.0140. The highest BCUT2D eigenvalue weighted by atomic mass is 17.2. The Hall–Kier alpha value is -3.12. The maximum atomic E-state index is 13.0. The van der Waals surface area contributed by atoms with Gasteiger partial charge in [0.25, 0.3) is 0 Å². The first kappa shape index (κ1) is 22.6. The molecular formula is C25H29NO5. The quantitative estimate of drug-likeness (QED) is 0.289. The molecule has 0 saturated carbocycles. The second-order valence-electron chi connectivity index (χ2n) is 9.50. The van der Waals surface area contributed by atoms with Crippen LogP contribution in [0.1, 0.15) is 57.5 Å². The van der Waals surface area contributed by atoms with Crippen LogP contribution in [0.15, 0.2) is 48.5 Å². The van der Waals surface area contributed by atoms with Crippen molar-refractivity contribution >= 4 is 23.0 Å². The van der Waals surface area contributed by atoms with Gasteiger partial charge in [-0.15, -0.1) is 0 Å². The minimum atomic E-state index is -0.693. The molecule has 0 N–H and O–H groups in total. The number of nitrogens with zero attached hydrogens (tertiary/aromatic N) is 1. The second kappa shape index (κ2) is 8.19. The van der Waals surface area contributed by atoms with E-state index >= 15 is 0 Å². The number of fused-ring (bicyclic) bond motifs is 1. The van der Waals surface area contributed by atoms with Gasteiger partial charge in [-0.1, -0.05) is 51.1 Å². The highest BCUT2D eigenvalue weighted by Gasteiger charge is 2.23. The smallest absolute Gasteiger partial charge is 0.450 e. The Labute approximate surface area is 182 Å². The van der Waals surface area contributed by atoms with Gasteiger partial charge >= 0.3 is 12.1 Å². The van der Waals surface area contributed by atoms with E-state index in [-0.39, 0.29) is 5.41 Å². The van der Waals surface area contributed by atoms with Gasteiger partial charge in [0.15, 0.2) is 0 Å². The number of carbonyl (C=O) groups is 2. The summed E-state index contributed by atoms with van der Waals surface area (Å²) in [5.41, 5.74) is 2.89. The molecule has 0 aliphatic heterocycles. The fourth-order valence-corrected chi connectivity index (χ4v) is 3.19. The van der Waals surface area contributed by atoms with Crippen LogP contribution in [0.2, 0.25) is 0 Å². The number of benzene rings is 2. The van der Waals surface area contributed by atoms with Gasteiger partial charge < -0.3 is 4.74 Å². The number of methoxy groups -OCH3 is 1. The molecule has 1 heterocycles. The monoisotopic (exact) mass is 423 g/mol. The van der Waals surface area contributed by atoms with Crippen LogP contribution < -0.4 is 0 Å². The predicted molar refractivity (Wildman–Crippen MR) is 120 cm³/mol. The average Bonchev–Trinajstić information content (AvgIpc) is 3.09. The Balaban J connectivity index is 2.15. The van der Waals surface area contributed by atoms with Crippen molar-refractivity contribution in [2.75, 3.05) is 7.11 Å². The molecule has 3 rings (SSSR count). The van der Waals surface area contributed by atoms with Crippen molar-refractivity contribution in [1.29, 1.82) is 0 Å². The Morgan fingerprint density at radius 1 is 0.871 bits per heavy atom. The van der Waals surface area contributed by atoms with E-state index in [1.165, 1.54) is 17.2 Å². The lowest BCUT2D eigenvalue weighted by molar-refractivity contribution is -0.299. The topological polar surface area (TPSA) is 66.8 Å². The summed E-state index contributed by atoms with van der Waals surface area (Å²) in [7, 11) is 1.32. The van der Waals surface area contributed by atoms with Crippen LogP contribution in [0.4, 0.5) is 4.79 Å². The fraction of sp³-hybridized carbons (Fsp3) is 0.360. The van der Waals surface area contributed by atoms with Crippen LogP contribution in [0.3, 0.4) is 0 Å². The molecule has 164 valence electrons. The van der Waals surface area contributed by atoms with E-state index < -0.39 is 17.7 Å². The third-order valence-electron chi connectivity index (χ3n) is 4.82. The molecule has 2 aromatic carbocycles. The van der Waals surface area contributed by atoms with Crippen molar-refractivity contribution in [1.82, 2.24) is 4.57 Å². The summed E-state index contributed by atoms with van der Waals surface area (Å²) in [6.45, 7) is 11.8. The molecule has 6 nitrogen and oxygen atoms in total. The molecule has 6 heteroatoms. The molecule has 0 aliphatic rings. The summed E-state index contributed by atoms with van der Waals surface area (Å²) in [4.78, 5) is 35.5. The molecular weight excluding hydrogens is 394 g/mol. The molecule has 1 aromatic heterocycles. The summed E-state index contributed by atoms with van der Waals surface area (Å²) in [5.74, 6) is -0.481. The van der Waals surface area contributed by atoms with Gasteiger partial charge in [-0.25, -0.2) is 14.2 Å². The van der Waals surface area contributed by atoms with E-state index in [2.05, 4.69) is 20.8 Å². The molecule has 0 radical (unpaired) electrons. The summed E-state index contributed by atoms with van der Waals surface area (Å²) in [6.07, 6.45) is -0.693. The zero-order chi connectivity index (χ0) is 23.0. The first-order valence-corrected chi connectivity index (χ1v) is 10.2. The normalized spacial score (nSPS) is 12.1. The van der Waals surface area contributed by atoms with E-state index in [9.17, 15) is 9.59 Å². The number of hydrogen-bond acceptors (Lipinski definition) is 5. The van der Waals surface area contributed by atoms with E-state index in [0.29, 0.717) is 16.8 Å². The minimum Gasteiger partial charge on any atom is -0.465 e. The molecule has 0 amide bonds. The van der Waals surface area contributed by atoms with Crippen LogP contribution in [-0.4, -0.2) is 29.3 Å². The Morgan fingerprint density at radius 2 is 1.52 bits per heavy atom. The molecule has 31 heavy (non-hydrogen) atoms. The summed E-state index contributed by atoms with van der Waals surface area (Å²) >= 11 is 0. The van der Waals surface area contributed by atoms with Crippen molar-refractivity contribution in [3.05, 3.63) is 59.7 Å². The molecule has 0 aliphatic carbocycles. The zero-order valence-electron chi connectivity index (χ0n) is 19.1. The molecule has 0 saturated heterocycles. The van der Waals surface area contributed by atoms with Crippen molar-refractivity contribution in [2.24, 2.45) is 0 Å². The molecule has 3 aromatic rings.